The molecule has 1 saturated carbocycles. The van der Waals surface area contributed by atoms with Crippen molar-refractivity contribution >= 4 is 5.97 Å². The van der Waals surface area contributed by atoms with Gasteiger partial charge in [0, 0.05) is 32.2 Å². The third kappa shape index (κ3) is 3.51. The van der Waals surface area contributed by atoms with Crippen molar-refractivity contribution in [1.82, 2.24) is 15.1 Å². The molecule has 0 aromatic rings. The summed E-state index contributed by atoms with van der Waals surface area (Å²) in [5.41, 5.74) is -0.692. The highest BCUT2D eigenvalue weighted by Gasteiger charge is 2.44. The maximum Gasteiger partial charge on any atom is 0.323 e. The molecule has 2 N–H and O–H groups in total. The van der Waals surface area contributed by atoms with Crippen LogP contribution in [0.2, 0.25) is 0 Å². The summed E-state index contributed by atoms with van der Waals surface area (Å²) in [5, 5.41) is 13.0. The van der Waals surface area contributed by atoms with Crippen molar-refractivity contribution in [3.8, 4) is 0 Å². The van der Waals surface area contributed by atoms with Crippen molar-refractivity contribution in [3.05, 3.63) is 0 Å². The quantitative estimate of drug-likeness (QED) is 0.788. The van der Waals surface area contributed by atoms with Crippen LogP contribution in [-0.4, -0.2) is 72.2 Å². The molecule has 1 aliphatic carbocycles. The minimum absolute atomic E-state index is 0.429. The molecule has 20 heavy (non-hydrogen) atoms. The molecule has 2 unspecified atom stereocenters. The normalized spacial score (nSPS) is 33.2. The van der Waals surface area contributed by atoms with E-state index in [1.807, 2.05) is 0 Å². The van der Waals surface area contributed by atoms with Gasteiger partial charge >= 0.3 is 5.97 Å². The standard InChI is InChI=1S/C15H29N3O2/c1-3-7-16-15(14(19)20)6-4-5-13(12-15)18-10-8-17(2)9-11-18/h13,16H,3-12H2,1-2H3,(H,19,20). The van der Waals surface area contributed by atoms with Gasteiger partial charge in [-0.05, 0) is 45.7 Å². The Morgan fingerprint density at radius 2 is 2.05 bits per heavy atom. The number of hydrogen-bond acceptors (Lipinski definition) is 4. The van der Waals surface area contributed by atoms with E-state index in [0.717, 1.165) is 64.8 Å². The summed E-state index contributed by atoms with van der Waals surface area (Å²) in [4.78, 5) is 16.6. The van der Waals surface area contributed by atoms with Crippen molar-refractivity contribution in [1.29, 1.82) is 0 Å². The zero-order valence-corrected chi connectivity index (χ0v) is 12.9. The number of nitrogens with zero attached hydrogens (tertiary/aromatic N) is 2. The Hall–Kier alpha value is -0.650. The van der Waals surface area contributed by atoms with Crippen molar-refractivity contribution in [2.75, 3.05) is 39.8 Å². The molecule has 1 saturated heterocycles. The van der Waals surface area contributed by atoms with Crippen molar-refractivity contribution in [3.63, 3.8) is 0 Å². The second kappa shape index (κ2) is 6.87. The fraction of sp³-hybridized carbons (Fsp3) is 0.933. The Morgan fingerprint density at radius 3 is 2.65 bits per heavy atom. The number of aliphatic carboxylic acids is 1. The molecule has 2 atom stereocenters. The molecule has 0 aromatic carbocycles. The largest absolute Gasteiger partial charge is 0.480 e. The number of carboxylic acids is 1. The highest BCUT2D eigenvalue weighted by Crippen LogP contribution is 2.32. The maximum absolute atomic E-state index is 11.8. The van der Waals surface area contributed by atoms with E-state index in [2.05, 4.69) is 29.1 Å². The fourth-order valence-electron chi connectivity index (χ4n) is 3.54. The lowest BCUT2D eigenvalue weighted by atomic mass is 9.78. The lowest BCUT2D eigenvalue weighted by molar-refractivity contribution is -0.147. The Balaban J connectivity index is 2.00. The first-order valence-electron chi connectivity index (χ1n) is 7.98. The fourth-order valence-corrected chi connectivity index (χ4v) is 3.54. The van der Waals surface area contributed by atoms with Gasteiger partial charge in [-0.25, -0.2) is 0 Å². The second-order valence-electron chi connectivity index (χ2n) is 6.40. The van der Waals surface area contributed by atoms with Crippen LogP contribution in [0.5, 0.6) is 0 Å². The van der Waals surface area contributed by atoms with Gasteiger partial charge in [0.05, 0.1) is 0 Å². The molecule has 116 valence electrons. The SMILES string of the molecule is CCCNC1(C(=O)O)CCCC(N2CCN(C)CC2)C1. The predicted octanol–water partition coefficient (Wildman–Crippen LogP) is 0.999. The molecule has 5 nitrogen and oxygen atoms in total. The van der Waals surface area contributed by atoms with Crippen LogP contribution in [0.15, 0.2) is 0 Å². The van der Waals surface area contributed by atoms with Crippen molar-refractivity contribution in [2.45, 2.75) is 50.6 Å². The van der Waals surface area contributed by atoms with Crippen LogP contribution < -0.4 is 5.32 Å². The number of hydrogen-bond donors (Lipinski definition) is 2. The summed E-state index contributed by atoms with van der Waals surface area (Å²) in [6.07, 6.45) is 4.67. The average molecular weight is 283 g/mol. The topological polar surface area (TPSA) is 55.8 Å². The number of rotatable bonds is 5. The minimum atomic E-state index is -0.692. The van der Waals surface area contributed by atoms with E-state index >= 15 is 0 Å². The summed E-state index contributed by atoms with van der Waals surface area (Å²) in [5.74, 6) is -0.662. The highest BCUT2D eigenvalue weighted by atomic mass is 16.4. The number of carbonyl (C=O) groups is 1. The van der Waals surface area contributed by atoms with Crippen LogP contribution >= 0.6 is 0 Å². The Bertz CT molecular complexity index is 329. The van der Waals surface area contributed by atoms with Gasteiger partial charge in [-0.3, -0.25) is 9.69 Å². The molecular formula is C15H29N3O2. The smallest absolute Gasteiger partial charge is 0.323 e. The van der Waals surface area contributed by atoms with Gasteiger partial charge in [-0.1, -0.05) is 6.92 Å². The molecule has 5 heteroatoms. The first kappa shape index (κ1) is 15.7. The van der Waals surface area contributed by atoms with Crippen LogP contribution in [0, 0.1) is 0 Å². The summed E-state index contributed by atoms with van der Waals surface area (Å²) < 4.78 is 0. The molecule has 2 fully saturated rings. The van der Waals surface area contributed by atoms with Gasteiger partial charge in [0.25, 0.3) is 0 Å². The van der Waals surface area contributed by atoms with Crippen LogP contribution in [0.25, 0.3) is 0 Å². The summed E-state index contributed by atoms with van der Waals surface area (Å²) in [6, 6.07) is 0.429. The molecular weight excluding hydrogens is 254 g/mol. The zero-order valence-electron chi connectivity index (χ0n) is 12.9. The minimum Gasteiger partial charge on any atom is -0.480 e. The second-order valence-corrected chi connectivity index (χ2v) is 6.40. The third-order valence-corrected chi connectivity index (χ3v) is 4.90. The van der Waals surface area contributed by atoms with Gasteiger partial charge in [0.1, 0.15) is 5.54 Å². The molecule has 0 spiro atoms. The Morgan fingerprint density at radius 1 is 1.35 bits per heavy atom. The van der Waals surface area contributed by atoms with E-state index in [-0.39, 0.29) is 0 Å². The van der Waals surface area contributed by atoms with Gasteiger partial charge in [-0.2, -0.15) is 0 Å². The highest BCUT2D eigenvalue weighted by molar-refractivity contribution is 5.79. The Kier molecular flexibility index (Phi) is 5.41. The van der Waals surface area contributed by atoms with E-state index in [4.69, 9.17) is 0 Å². The maximum atomic E-state index is 11.8. The predicted molar refractivity (Wildman–Crippen MR) is 80.0 cm³/mol. The molecule has 0 aromatic heterocycles. The number of likely N-dealkylation sites (N-methyl/N-ethyl adjacent to an activating group) is 1. The van der Waals surface area contributed by atoms with E-state index in [9.17, 15) is 9.90 Å². The first-order valence-corrected chi connectivity index (χ1v) is 7.98. The van der Waals surface area contributed by atoms with Gasteiger partial charge in [-0.15, -0.1) is 0 Å². The molecule has 0 radical (unpaired) electrons. The van der Waals surface area contributed by atoms with E-state index in [1.54, 1.807) is 0 Å². The molecule has 0 bridgehead atoms. The zero-order chi connectivity index (χ0) is 14.6. The van der Waals surface area contributed by atoms with Gasteiger partial charge in [0.15, 0.2) is 0 Å². The van der Waals surface area contributed by atoms with Crippen LogP contribution in [0.3, 0.4) is 0 Å². The summed E-state index contributed by atoms with van der Waals surface area (Å²) >= 11 is 0. The molecule has 2 aliphatic rings. The van der Waals surface area contributed by atoms with E-state index in [1.165, 1.54) is 0 Å². The van der Waals surface area contributed by atoms with Gasteiger partial charge < -0.3 is 15.3 Å². The number of nitrogens with one attached hydrogen (secondary N) is 1. The lowest BCUT2D eigenvalue weighted by Crippen LogP contribution is -2.60. The van der Waals surface area contributed by atoms with Gasteiger partial charge in [0.2, 0.25) is 0 Å². The monoisotopic (exact) mass is 283 g/mol. The van der Waals surface area contributed by atoms with E-state index < -0.39 is 11.5 Å². The third-order valence-electron chi connectivity index (χ3n) is 4.90. The van der Waals surface area contributed by atoms with Crippen LogP contribution in [-0.2, 0) is 4.79 Å². The number of piperazine rings is 1. The molecule has 1 heterocycles. The number of carboxylic acid groups (broad SMARTS) is 1. The van der Waals surface area contributed by atoms with E-state index in [0.29, 0.717) is 6.04 Å². The molecule has 1 aliphatic heterocycles. The Labute approximate surface area is 122 Å². The summed E-state index contributed by atoms with van der Waals surface area (Å²) in [7, 11) is 2.16. The average Bonchev–Trinajstić information content (AvgIpc) is 2.46. The summed E-state index contributed by atoms with van der Waals surface area (Å²) in [6.45, 7) is 7.22. The molecule has 2 rings (SSSR count). The van der Waals surface area contributed by atoms with Crippen molar-refractivity contribution in [2.24, 2.45) is 0 Å². The van der Waals surface area contributed by atoms with Crippen molar-refractivity contribution < 1.29 is 9.90 Å². The van der Waals surface area contributed by atoms with Crippen LogP contribution in [0.4, 0.5) is 0 Å². The molecule has 0 amide bonds. The van der Waals surface area contributed by atoms with Crippen LogP contribution in [0.1, 0.15) is 39.0 Å². The lowest BCUT2D eigenvalue weighted by Gasteiger charge is -2.45. The first-order chi connectivity index (χ1) is 9.57.